The fraction of sp³-hybridized carbons (Fsp3) is 0.417. The van der Waals surface area contributed by atoms with Crippen molar-refractivity contribution >= 4 is 39.9 Å². The molecule has 9 heteroatoms. The van der Waals surface area contributed by atoms with Gasteiger partial charge in [-0.2, -0.15) is 0 Å². The molecule has 1 N–H and O–H groups in total. The van der Waals surface area contributed by atoms with Crippen LogP contribution in [-0.2, 0) is 22.1 Å². The fourth-order valence-corrected chi connectivity index (χ4v) is 3.73. The molecule has 2 heterocycles. The topological polar surface area (TPSA) is 85.1 Å². The Balaban J connectivity index is 2.24. The summed E-state index contributed by atoms with van der Waals surface area (Å²) in [4.78, 5) is 11.7. The predicted octanol–water partition coefficient (Wildman–Crippen LogP) is 1.95. The van der Waals surface area contributed by atoms with Crippen LogP contribution in [0.25, 0.3) is 10.7 Å². The van der Waals surface area contributed by atoms with Gasteiger partial charge in [-0.3, -0.25) is 9.00 Å². The summed E-state index contributed by atoms with van der Waals surface area (Å²) >= 11 is 2.67. The van der Waals surface area contributed by atoms with Crippen LogP contribution in [-0.4, -0.2) is 47.3 Å². The first-order valence-corrected chi connectivity index (χ1v) is 9.63. The quantitative estimate of drug-likeness (QED) is 0.736. The zero-order chi connectivity index (χ0) is 15.2. The molecule has 114 valence electrons. The summed E-state index contributed by atoms with van der Waals surface area (Å²) in [5, 5.41) is 19.5. The summed E-state index contributed by atoms with van der Waals surface area (Å²) in [6.45, 7) is 2.39. The van der Waals surface area contributed by atoms with E-state index in [1.54, 1.807) is 11.3 Å². The lowest BCUT2D eigenvalue weighted by molar-refractivity contribution is -0.133. The third-order valence-electron chi connectivity index (χ3n) is 2.65. The van der Waals surface area contributed by atoms with Crippen molar-refractivity contribution in [2.24, 2.45) is 0 Å². The van der Waals surface area contributed by atoms with Crippen LogP contribution in [0.1, 0.15) is 6.92 Å². The van der Waals surface area contributed by atoms with Gasteiger partial charge < -0.3 is 9.67 Å². The van der Waals surface area contributed by atoms with E-state index < -0.39 is 16.8 Å². The Morgan fingerprint density at radius 2 is 2.33 bits per heavy atom. The third-order valence-corrected chi connectivity index (χ3v) is 5.75. The number of thiophene rings is 1. The minimum atomic E-state index is -0.899. The smallest absolute Gasteiger partial charge is 0.313 e. The maximum Gasteiger partial charge on any atom is 0.313 e. The van der Waals surface area contributed by atoms with E-state index in [0.717, 1.165) is 16.6 Å². The number of carbonyl (C=O) groups is 1. The highest BCUT2D eigenvalue weighted by molar-refractivity contribution is 7.99. The molecule has 0 radical (unpaired) electrons. The standard InChI is InChI=1S/C12H15N3O3S3/c1-2-21(18)7-5-15-11(9-4-3-6-19-9)13-14-12(15)20-8-10(16)17/h3-4,6H,2,5,7-8H2,1H3,(H,16,17). The molecule has 1 atom stereocenters. The lowest BCUT2D eigenvalue weighted by atomic mass is 10.4. The van der Waals surface area contributed by atoms with Gasteiger partial charge in [0.05, 0.1) is 10.6 Å². The van der Waals surface area contributed by atoms with E-state index in [9.17, 15) is 9.00 Å². The van der Waals surface area contributed by atoms with E-state index in [1.165, 1.54) is 0 Å². The molecule has 0 amide bonds. The number of carboxylic acid groups (broad SMARTS) is 1. The highest BCUT2D eigenvalue weighted by atomic mass is 32.2. The van der Waals surface area contributed by atoms with Crippen LogP contribution >= 0.6 is 23.1 Å². The first-order chi connectivity index (χ1) is 10.1. The molecule has 0 fully saturated rings. The average Bonchev–Trinajstić information content (AvgIpc) is 3.11. The molecule has 6 nitrogen and oxygen atoms in total. The lowest BCUT2D eigenvalue weighted by Gasteiger charge is -2.08. The molecule has 0 aliphatic rings. The molecule has 0 aromatic carbocycles. The molecular formula is C12H15N3O3S3. The number of nitrogens with zero attached hydrogens (tertiary/aromatic N) is 3. The summed E-state index contributed by atoms with van der Waals surface area (Å²) in [7, 11) is -0.886. The normalized spacial score (nSPS) is 12.4. The van der Waals surface area contributed by atoms with Crippen LogP contribution in [0.5, 0.6) is 0 Å². The number of aromatic nitrogens is 3. The van der Waals surface area contributed by atoms with Gasteiger partial charge in [0.25, 0.3) is 0 Å². The van der Waals surface area contributed by atoms with Crippen molar-refractivity contribution in [3.63, 3.8) is 0 Å². The minimum absolute atomic E-state index is 0.0700. The van der Waals surface area contributed by atoms with Crippen LogP contribution in [0.2, 0.25) is 0 Å². The summed E-state index contributed by atoms with van der Waals surface area (Å²) < 4.78 is 13.5. The third kappa shape index (κ3) is 4.39. The van der Waals surface area contributed by atoms with E-state index in [1.807, 2.05) is 29.0 Å². The van der Waals surface area contributed by atoms with Gasteiger partial charge >= 0.3 is 5.97 Å². The van der Waals surface area contributed by atoms with Crippen LogP contribution in [0, 0.1) is 0 Å². The number of hydrogen-bond acceptors (Lipinski definition) is 6. The van der Waals surface area contributed by atoms with Crippen LogP contribution in [0.3, 0.4) is 0 Å². The van der Waals surface area contributed by atoms with E-state index in [2.05, 4.69) is 10.2 Å². The van der Waals surface area contributed by atoms with E-state index in [0.29, 0.717) is 29.0 Å². The lowest BCUT2D eigenvalue weighted by Crippen LogP contribution is -2.11. The van der Waals surface area contributed by atoms with Gasteiger partial charge in [0, 0.05) is 28.9 Å². The highest BCUT2D eigenvalue weighted by Crippen LogP contribution is 2.27. The van der Waals surface area contributed by atoms with Gasteiger partial charge in [-0.15, -0.1) is 21.5 Å². The Bertz CT molecular complexity index is 625. The van der Waals surface area contributed by atoms with Crippen molar-refractivity contribution in [3.8, 4) is 10.7 Å². The fourth-order valence-electron chi connectivity index (χ4n) is 1.65. The van der Waals surface area contributed by atoms with Crippen molar-refractivity contribution in [2.75, 3.05) is 17.3 Å². The Labute approximate surface area is 133 Å². The van der Waals surface area contributed by atoms with Crippen molar-refractivity contribution in [1.82, 2.24) is 14.8 Å². The first-order valence-electron chi connectivity index (χ1n) is 6.28. The second-order valence-corrected chi connectivity index (χ2v) is 7.81. The number of rotatable bonds is 8. The zero-order valence-corrected chi connectivity index (χ0v) is 13.8. The molecule has 2 aromatic rings. The molecular weight excluding hydrogens is 330 g/mol. The van der Waals surface area contributed by atoms with Crippen LogP contribution in [0.4, 0.5) is 0 Å². The summed E-state index contributed by atoms with van der Waals surface area (Å²) in [6.07, 6.45) is 0. The number of aliphatic carboxylic acids is 1. The average molecular weight is 345 g/mol. The Kier molecular flexibility index (Phi) is 5.95. The molecule has 0 aliphatic heterocycles. The second kappa shape index (κ2) is 7.71. The van der Waals surface area contributed by atoms with Crippen molar-refractivity contribution < 1.29 is 14.1 Å². The van der Waals surface area contributed by atoms with Crippen molar-refractivity contribution in [2.45, 2.75) is 18.6 Å². The van der Waals surface area contributed by atoms with Gasteiger partial charge in [-0.05, 0) is 11.4 Å². The maximum atomic E-state index is 11.6. The molecule has 0 aliphatic carbocycles. The molecule has 0 saturated carbocycles. The molecule has 1 unspecified atom stereocenters. The molecule has 0 saturated heterocycles. The van der Waals surface area contributed by atoms with Gasteiger partial charge in [0.1, 0.15) is 0 Å². The van der Waals surface area contributed by atoms with Gasteiger partial charge in [-0.1, -0.05) is 24.8 Å². The van der Waals surface area contributed by atoms with E-state index >= 15 is 0 Å². The van der Waals surface area contributed by atoms with Gasteiger partial charge in [0.2, 0.25) is 0 Å². The van der Waals surface area contributed by atoms with E-state index in [4.69, 9.17) is 5.11 Å². The Morgan fingerprint density at radius 3 is 2.95 bits per heavy atom. The van der Waals surface area contributed by atoms with Gasteiger partial charge in [0.15, 0.2) is 11.0 Å². The largest absolute Gasteiger partial charge is 0.481 e. The second-order valence-electron chi connectivity index (χ2n) is 4.05. The zero-order valence-electron chi connectivity index (χ0n) is 11.4. The summed E-state index contributed by atoms with van der Waals surface area (Å²) in [5.41, 5.74) is 0. The summed E-state index contributed by atoms with van der Waals surface area (Å²) in [6, 6.07) is 3.86. The van der Waals surface area contributed by atoms with Crippen molar-refractivity contribution in [1.29, 1.82) is 0 Å². The molecule has 21 heavy (non-hydrogen) atoms. The number of carboxylic acids is 1. The predicted molar refractivity (Wildman–Crippen MR) is 85.2 cm³/mol. The first kappa shape index (κ1) is 16.2. The number of thioether (sulfide) groups is 1. The molecule has 2 rings (SSSR count). The van der Waals surface area contributed by atoms with Gasteiger partial charge in [-0.25, -0.2) is 0 Å². The molecule has 0 bridgehead atoms. The monoisotopic (exact) mass is 345 g/mol. The Morgan fingerprint density at radius 1 is 1.52 bits per heavy atom. The van der Waals surface area contributed by atoms with E-state index in [-0.39, 0.29) is 5.75 Å². The SMILES string of the molecule is CCS(=O)CCn1c(SCC(=O)O)nnc1-c1cccs1. The molecule has 2 aromatic heterocycles. The van der Waals surface area contributed by atoms with Crippen LogP contribution in [0.15, 0.2) is 22.7 Å². The Hall–Kier alpha value is -1.19. The van der Waals surface area contributed by atoms with Crippen LogP contribution < -0.4 is 0 Å². The summed E-state index contributed by atoms with van der Waals surface area (Å²) in [5.74, 6) is 0.844. The maximum absolute atomic E-state index is 11.6. The highest BCUT2D eigenvalue weighted by Gasteiger charge is 2.16. The van der Waals surface area contributed by atoms with Crippen molar-refractivity contribution in [3.05, 3.63) is 17.5 Å². The minimum Gasteiger partial charge on any atom is -0.481 e. The number of hydrogen-bond donors (Lipinski definition) is 1. The molecule has 0 spiro atoms.